The molecule has 0 spiro atoms. The summed E-state index contributed by atoms with van der Waals surface area (Å²) in [5.74, 6) is -2.68. The number of anilines is 1. The topological polar surface area (TPSA) is 206 Å². The summed E-state index contributed by atoms with van der Waals surface area (Å²) in [5.41, 5.74) is 4.00. The Morgan fingerprint density at radius 1 is 1.11 bits per heavy atom. The number of carbonyl (C=O) groups excluding carboxylic acids is 6. The lowest BCUT2D eigenvalue weighted by Gasteiger charge is -2.49. The lowest BCUT2D eigenvalue weighted by atomic mass is 9.98. The molecule has 3 rings (SSSR count). The number of aromatic nitrogens is 1. The first-order valence-electron chi connectivity index (χ1n) is 13.3. The van der Waals surface area contributed by atoms with Crippen molar-refractivity contribution in [2.45, 2.75) is 65.5 Å². The highest BCUT2D eigenvalue weighted by atomic mass is 32.2. The third-order valence-electron chi connectivity index (χ3n) is 5.83. The number of rotatable bonds is 9. The summed E-state index contributed by atoms with van der Waals surface area (Å²) in [4.78, 5) is 80.3. The number of ether oxygens (including phenoxy) is 4. The predicted octanol–water partition coefficient (Wildman–Crippen LogP) is 2.73. The van der Waals surface area contributed by atoms with Crippen LogP contribution in [0.1, 0.15) is 54.2 Å². The second kappa shape index (κ2) is 13.7. The van der Waals surface area contributed by atoms with Gasteiger partial charge < -0.3 is 30.0 Å². The molecule has 1 aromatic rings. The highest BCUT2D eigenvalue weighted by Crippen LogP contribution is 2.41. The Hall–Kier alpha value is -4.12. The van der Waals surface area contributed by atoms with Crippen molar-refractivity contribution in [3.8, 4) is 0 Å². The molecule has 4 N–H and O–H groups in total. The molecule has 1 fully saturated rings. The molecule has 0 radical (unpaired) electrons. The van der Waals surface area contributed by atoms with E-state index in [0.29, 0.717) is 0 Å². The van der Waals surface area contributed by atoms with E-state index < -0.39 is 65.2 Å². The molecular weight excluding hydrogens is 618 g/mol. The van der Waals surface area contributed by atoms with E-state index in [2.05, 4.69) is 15.6 Å². The van der Waals surface area contributed by atoms with Gasteiger partial charge in [0, 0.05) is 16.7 Å². The van der Waals surface area contributed by atoms with Crippen LogP contribution in [0.3, 0.4) is 0 Å². The van der Waals surface area contributed by atoms with E-state index in [0.717, 1.165) is 16.2 Å². The van der Waals surface area contributed by atoms with Crippen LogP contribution in [0.5, 0.6) is 0 Å². The van der Waals surface area contributed by atoms with Crippen LogP contribution in [0.25, 0.3) is 5.57 Å². The molecule has 2 aliphatic heterocycles. The second-order valence-electron chi connectivity index (χ2n) is 11.5. The van der Waals surface area contributed by atoms with E-state index in [1.807, 2.05) is 0 Å². The average Bonchev–Trinajstić information content (AvgIpc) is 3.35. The minimum Gasteiger partial charge on any atom is -0.445 e. The number of thiazole rings is 1. The third kappa shape index (κ3) is 8.49. The van der Waals surface area contributed by atoms with Crippen LogP contribution < -0.4 is 16.4 Å². The molecule has 17 heteroatoms. The zero-order valence-corrected chi connectivity index (χ0v) is 26.9. The highest BCUT2D eigenvalue weighted by molar-refractivity contribution is 8.00. The van der Waals surface area contributed by atoms with Crippen molar-refractivity contribution < 1.29 is 47.7 Å². The van der Waals surface area contributed by atoms with Crippen molar-refractivity contribution >= 4 is 69.7 Å². The maximum Gasteiger partial charge on any atom is 0.413 e. The Labute approximate surface area is 261 Å². The lowest BCUT2D eigenvalue weighted by molar-refractivity contribution is -0.173. The molecule has 0 aromatic carbocycles. The Bertz CT molecular complexity index is 1410. The normalized spacial score (nSPS) is 18.5. The molecule has 0 aliphatic carbocycles. The number of esters is 2. The van der Waals surface area contributed by atoms with Crippen molar-refractivity contribution in [1.82, 2.24) is 15.2 Å². The first kappa shape index (κ1) is 34.4. The van der Waals surface area contributed by atoms with Crippen molar-refractivity contribution in [2.75, 3.05) is 24.5 Å². The number of amides is 4. The molecule has 1 aromatic heterocycles. The predicted molar refractivity (Wildman–Crippen MR) is 160 cm³/mol. The smallest absolute Gasteiger partial charge is 0.413 e. The van der Waals surface area contributed by atoms with Crippen molar-refractivity contribution in [3.63, 3.8) is 0 Å². The van der Waals surface area contributed by atoms with Crippen LogP contribution in [-0.4, -0.2) is 82.0 Å². The minimum absolute atomic E-state index is 0.141. The molecule has 0 saturated carbocycles. The van der Waals surface area contributed by atoms with Gasteiger partial charge in [0.15, 0.2) is 5.13 Å². The van der Waals surface area contributed by atoms with Gasteiger partial charge in [0.1, 0.15) is 29.3 Å². The number of carbonyl (C=O) groups is 6. The van der Waals surface area contributed by atoms with Gasteiger partial charge in [-0.25, -0.2) is 19.4 Å². The average molecular weight is 654 g/mol. The summed E-state index contributed by atoms with van der Waals surface area (Å²) < 4.78 is 20.2. The molecule has 2 atom stereocenters. The number of nitrogens with two attached hydrogens (primary N) is 1. The largest absolute Gasteiger partial charge is 0.445 e. The number of nitrogens with one attached hydrogen (secondary N) is 2. The highest BCUT2D eigenvalue weighted by Gasteiger charge is 2.54. The molecule has 240 valence electrons. The van der Waals surface area contributed by atoms with E-state index in [1.165, 1.54) is 17.8 Å². The van der Waals surface area contributed by atoms with Gasteiger partial charge in [0.25, 0.3) is 11.8 Å². The van der Waals surface area contributed by atoms with Crippen LogP contribution in [0.15, 0.2) is 22.7 Å². The first-order chi connectivity index (χ1) is 20.4. The van der Waals surface area contributed by atoms with Crippen LogP contribution >= 0.6 is 23.1 Å². The van der Waals surface area contributed by atoms with Gasteiger partial charge in [-0.3, -0.25) is 24.6 Å². The van der Waals surface area contributed by atoms with Crippen molar-refractivity contribution in [1.29, 1.82) is 0 Å². The molecule has 44 heavy (non-hydrogen) atoms. The Balaban J connectivity index is 1.71. The second-order valence-corrected chi connectivity index (χ2v) is 13.5. The number of fused-ring (bicyclic) bond motifs is 1. The van der Waals surface area contributed by atoms with Gasteiger partial charge in [-0.1, -0.05) is 6.08 Å². The standard InChI is InChI=1S/C27H35N5O10S2/c1-8-14(15-11-44-24(29-15)31-25(38)42-27(5,6)7)18(33)30-16-19(34)32-17(13(9-39-23(28)37)10-43-20(16)32)21(35)40-12-41-22(36)26(2,3)4/h8,11,16,20H,9-10,12H2,1-7H3,(H2,28,37)(H,30,33)(H,29,31,38)/b14-8-/t16-,20-/m1/s1. The minimum atomic E-state index is -1.08. The summed E-state index contributed by atoms with van der Waals surface area (Å²) in [6, 6.07) is -1.01. The van der Waals surface area contributed by atoms with Gasteiger partial charge in [-0.2, -0.15) is 0 Å². The Morgan fingerprint density at radius 3 is 2.39 bits per heavy atom. The van der Waals surface area contributed by atoms with Crippen LogP contribution in [0.4, 0.5) is 14.7 Å². The number of nitrogens with zero attached hydrogens (tertiary/aromatic N) is 2. The summed E-state index contributed by atoms with van der Waals surface area (Å²) in [6.07, 6.45) is -0.270. The molecule has 2 aliphatic rings. The fraction of sp³-hybridized carbons (Fsp3) is 0.519. The number of thioether (sulfide) groups is 1. The molecule has 15 nitrogen and oxygen atoms in total. The fourth-order valence-corrected chi connectivity index (χ4v) is 5.85. The molecule has 1 saturated heterocycles. The van der Waals surface area contributed by atoms with Gasteiger partial charge >= 0.3 is 24.1 Å². The summed E-state index contributed by atoms with van der Waals surface area (Å²) in [7, 11) is 0. The number of hydrogen-bond acceptors (Lipinski definition) is 13. The molecule has 0 unspecified atom stereocenters. The number of primary amides is 1. The SMILES string of the molecule is C/C=C(\C(=O)N[C@@H]1C(=O)N2C(C(=O)OCOC(=O)C(C)(C)C)=C(COC(N)=O)CS[C@H]12)c1csc(NC(=O)OC(C)(C)C)n1. The quantitative estimate of drug-likeness (QED) is 0.116. The first-order valence-corrected chi connectivity index (χ1v) is 15.2. The molecule has 4 amide bonds. The van der Waals surface area contributed by atoms with Gasteiger partial charge in [-0.05, 0) is 48.5 Å². The van der Waals surface area contributed by atoms with Crippen molar-refractivity contribution in [3.05, 3.63) is 28.4 Å². The summed E-state index contributed by atoms with van der Waals surface area (Å²) in [5, 5.41) is 6.28. The summed E-state index contributed by atoms with van der Waals surface area (Å²) in [6.45, 7) is 10.6. The Morgan fingerprint density at radius 2 is 1.80 bits per heavy atom. The molecule has 0 bridgehead atoms. The van der Waals surface area contributed by atoms with Crippen molar-refractivity contribution in [2.24, 2.45) is 11.1 Å². The number of β-lactam (4-membered cyclic amide) rings is 1. The zero-order valence-electron chi connectivity index (χ0n) is 25.3. The Kier molecular flexibility index (Phi) is 10.7. The molecular formula is C27H35N5O10S2. The van der Waals surface area contributed by atoms with E-state index in [-0.39, 0.29) is 40.0 Å². The zero-order chi connectivity index (χ0) is 33.0. The maximum atomic E-state index is 13.3. The van der Waals surface area contributed by atoms with Gasteiger partial charge in [0.05, 0.1) is 16.7 Å². The van der Waals surface area contributed by atoms with Gasteiger partial charge in [0.2, 0.25) is 6.79 Å². The van der Waals surface area contributed by atoms with Gasteiger partial charge in [-0.15, -0.1) is 23.1 Å². The van der Waals surface area contributed by atoms with Crippen LogP contribution in [0.2, 0.25) is 0 Å². The summed E-state index contributed by atoms with van der Waals surface area (Å²) >= 11 is 2.31. The lowest BCUT2D eigenvalue weighted by Crippen LogP contribution is -2.70. The third-order valence-corrected chi connectivity index (χ3v) is 7.93. The van der Waals surface area contributed by atoms with Crippen LogP contribution in [-0.2, 0) is 38.1 Å². The maximum absolute atomic E-state index is 13.3. The molecule has 3 heterocycles. The van der Waals surface area contributed by atoms with E-state index in [9.17, 15) is 28.8 Å². The van der Waals surface area contributed by atoms with E-state index >= 15 is 0 Å². The van der Waals surface area contributed by atoms with Crippen LogP contribution in [0, 0.1) is 5.41 Å². The monoisotopic (exact) mass is 653 g/mol. The van der Waals surface area contributed by atoms with E-state index in [1.54, 1.807) is 53.8 Å². The van der Waals surface area contributed by atoms with E-state index in [4.69, 9.17) is 24.7 Å². The number of hydrogen-bond donors (Lipinski definition) is 3. The fourth-order valence-electron chi connectivity index (χ4n) is 3.82. The number of allylic oxidation sites excluding steroid dienone is 1.